The number of thiophene rings is 1. The normalized spacial score (nSPS) is 13.3. The third kappa shape index (κ3) is 4.37. The van der Waals surface area contributed by atoms with Gasteiger partial charge in [0.1, 0.15) is 0 Å². The summed E-state index contributed by atoms with van der Waals surface area (Å²) in [6.07, 6.45) is 1.94. The first-order valence-corrected chi connectivity index (χ1v) is 7.64. The van der Waals surface area contributed by atoms with Crippen LogP contribution in [0.15, 0.2) is 23.7 Å². The van der Waals surface area contributed by atoms with Gasteiger partial charge in [0.2, 0.25) is 0 Å². The third-order valence-corrected chi connectivity index (χ3v) is 4.01. The van der Waals surface area contributed by atoms with Gasteiger partial charge in [-0.1, -0.05) is 11.3 Å². The molecule has 0 aromatic carbocycles. The van der Waals surface area contributed by atoms with Crippen molar-refractivity contribution in [3.8, 4) is 0 Å². The van der Waals surface area contributed by atoms with Gasteiger partial charge in [0.25, 0.3) is 0 Å². The summed E-state index contributed by atoms with van der Waals surface area (Å²) in [5, 5.41) is 22.4. The molecule has 0 bridgehead atoms. The number of hydrogen-bond donors (Lipinski definition) is 2. The van der Waals surface area contributed by atoms with E-state index in [9.17, 15) is 4.79 Å². The predicted molar refractivity (Wildman–Crippen MR) is 81.2 cm³/mol. The van der Waals surface area contributed by atoms with Gasteiger partial charge in [-0.05, 0) is 32.2 Å². The number of aliphatic carboxylic acids is 1. The van der Waals surface area contributed by atoms with E-state index >= 15 is 0 Å². The molecule has 2 heterocycles. The SMILES string of the molecule is CC(C)(C)n1cc(CNC(CC(=O)O)c2cccs2)nn1. The van der Waals surface area contributed by atoms with Crippen LogP contribution in [0.25, 0.3) is 0 Å². The molecular weight excluding hydrogens is 288 g/mol. The van der Waals surface area contributed by atoms with Crippen LogP contribution in [-0.4, -0.2) is 26.1 Å². The summed E-state index contributed by atoms with van der Waals surface area (Å²) >= 11 is 1.55. The molecule has 1 unspecified atom stereocenters. The minimum atomic E-state index is -0.820. The first-order chi connectivity index (χ1) is 9.86. The Morgan fingerprint density at radius 3 is 2.81 bits per heavy atom. The molecule has 0 saturated heterocycles. The van der Waals surface area contributed by atoms with E-state index in [0.29, 0.717) is 6.54 Å². The molecule has 0 aliphatic carbocycles. The van der Waals surface area contributed by atoms with Gasteiger partial charge in [0.15, 0.2) is 0 Å². The predicted octanol–water partition coefficient (Wildman–Crippen LogP) is 2.40. The number of carbonyl (C=O) groups is 1. The fourth-order valence-corrected chi connectivity index (χ4v) is 2.67. The largest absolute Gasteiger partial charge is 0.481 e. The van der Waals surface area contributed by atoms with Crippen LogP contribution >= 0.6 is 11.3 Å². The Morgan fingerprint density at radius 1 is 1.52 bits per heavy atom. The van der Waals surface area contributed by atoms with Crippen LogP contribution in [0.1, 0.15) is 43.8 Å². The van der Waals surface area contributed by atoms with Crippen LogP contribution in [0.5, 0.6) is 0 Å². The number of carboxylic acid groups (broad SMARTS) is 1. The van der Waals surface area contributed by atoms with Crippen molar-refractivity contribution in [3.63, 3.8) is 0 Å². The first-order valence-electron chi connectivity index (χ1n) is 6.76. The summed E-state index contributed by atoms with van der Waals surface area (Å²) in [6.45, 7) is 6.65. The molecule has 114 valence electrons. The zero-order valence-electron chi connectivity index (χ0n) is 12.4. The van der Waals surface area contributed by atoms with Crippen molar-refractivity contribution in [1.29, 1.82) is 0 Å². The van der Waals surface area contributed by atoms with Gasteiger partial charge in [0, 0.05) is 11.4 Å². The molecule has 0 aliphatic heterocycles. The van der Waals surface area contributed by atoms with Gasteiger partial charge in [0.05, 0.1) is 29.9 Å². The van der Waals surface area contributed by atoms with Crippen LogP contribution in [0.4, 0.5) is 0 Å². The maximum atomic E-state index is 11.0. The summed E-state index contributed by atoms with van der Waals surface area (Å²) in [5.74, 6) is -0.820. The second-order valence-electron chi connectivity index (χ2n) is 5.87. The molecule has 0 saturated carbocycles. The highest BCUT2D eigenvalue weighted by molar-refractivity contribution is 7.10. The number of nitrogens with zero attached hydrogens (tertiary/aromatic N) is 3. The quantitative estimate of drug-likeness (QED) is 0.856. The van der Waals surface area contributed by atoms with Gasteiger partial charge in [-0.2, -0.15) is 0 Å². The lowest BCUT2D eigenvalue weighted by Crippen LogP contribution is -2.23. The fraction of sp³-hybridized carbons (Fsp3) is 0.500. The minimum absolute atomic E-state index is 0.0495. The molecule has 0 fully saturated rings. The van der Waals surface area contributed by atoms with Crippen molar-refractivity contribution in [2.75, 3.05) is 0 Å². The highest BCUT2D eigenvalue weighted by Crippen LogP contribution is 2.22. The third-order valence-electron chi connectivity index (χ3n) is 3.02. The summed E-state index contributed by atoms with van der Waals surface area (Å²) in [6, 6.07) is 3.66. The summed E-state index contributed by atoms with van der Waals surface area (Å²) in [7, 11) is 0. The Bertz CT molecular complexity index is 586. The maximum Gasteiger partial charge on any atom is 0.305 e. The molecule has 0 aliphatic rings. The first kappa shape index (κ1) is 15.7. The molecule has 0 spiro atoms. The second-order valence-corrected chi connectivity index (χ2v) is 6.85. The van der Waals surface area contributed by atoms with E-state index in [1.807, 2.05) is 23.7 Å². The topological polar surface area (TPSA) is 80.0 Å². The maximum absolute atomic E-state index is 11.0. The van der Waals surface area contributed by atoms with E-state index in [2.05, 4.69) is 36.4 Å². The number of aromatic nitrogens is 3. The van der Waals surface area contributed by atoms with E-state index in [-0.39, 0.29) is 18.0 Å². The van der Waals surface area contributed by atoms with Gasteiger partial charge >= 0.3 is 5.97 Å². The van der Waals surface area contributed by atoms with E-state index in [1.165, 1.54) is 0 Å². The highest BCUT2D eigenvalue weighted by atomic mass is 32.1. The van der Waals surface area contributed by atoms with E-state index in [1.54, 1.807) is 16.0 Å². The van der Waals surface area contributed by atoms with E-state index < -0.39 is 5.97 Å². The highest BCUT2D eigenvalue weighted by Gasteiger charge is 2.18. The molecular formula is C14H20N4O2S. The van der Waals surface area contributed by atoms with Crippen molar-refractivity contribution in [1.82, 2.24) is 20.3 Å². The Balaban J connectivity index is 2.02. The van der Waals surface area contributed by atoms with Crippen LogP contribution in [0.2, 0.25) is 0 Å². The molecule has 6 nitrogen and oxygen atoms in total. The molecule has 2 rings (SSSR count). The molecule has 2 aromatic heterocycles. The van der Waals surface area contributed by atoms with Gasteiger partial charge in [-0.25, -0.2) is 4.68 Å². The zero-order chi connectivity index (χ0) is 15.5. The van der Waals surface area contributed by atoms with Crippen molar-refractivity contribution < 1.29 is 9.90 Å². The number of carboxylic acids is 1. The summed E-state index contributed by atoms with van der Waals surface area (Å²) < 4.78 is 1.81. The molecule has 0 amide bonds. The Hall–Kier alpha value is -1.73. The smallest absolute Gasteiger partial charge is 0.305 e. The standard InChI is InChI=1S/C14H20N4O2S/c1-14(2,3)18-9-10(16-17-18)8-15-11(7-13(19)20)12-5-4-6-21-12/h4-6,9,11,15H,7-8H2,1-3H3,(H,19,20). The van der Waals surface area contributed by atoms with Crippen LogP contribution in [0.3, 0.4) is 0 Å². The molecule has 2 aromatic rings. The Labute approximate surface area is 127 Å². The van der Waals surface area contributed by atoms with Gasteiger partial charge in [-0.3, -0.25) is 4.79 Å². The summed E-state index contributed by atoms with van der Waals surface area (Å²) in [5.41, 5.74) is 0.691. The average molecular weight is 308 g/mol. The van der Waals surface area contributed by atoms with Gasteiger partial charge in [-0.15, -0.1) is 16.4 Å². The molecule has 2 N–H and O–H groups in total. The van der Waals surface area contributed by atoms with Crippen molar-refractivity contribution in [2.24, 2.45) is 0 Å². The lowest BCUT2D eigenvalue weighted by Gasteiger charge is -2.17. The minimum Gasteiger partial charge on any atom is -0.481 e. The van der Waals surface area contributed by atoms with Crippen LogP contribution in [0, 0.1) is 0 Å². The van der Waals surface area contributed by atoms with Crippen LogP contribution < -0.4 is 5.32 Å². The van der Waals surface area contributed by atoms with Crippen molar-refractivity contribution in [2.45, 2.75) is 45.3 Å². The average Bonchev–Trinajstić information content (AvgIpc) is 3.04. The van der Waals surface area contributed by atoms with E-state index in [0.717, 1.165) is 10.6 Å². The fourth-order valence-electron chi connectivity index (χ4n) is 1.87. The lowest BCUT2D eigenvalue weighted by molar-refractivity contribution is -0.137. The van der Waals surface area contributed by atoms with Crippen molar-refractivity contribution in [3.05, 3.63) is 34.3 Å². The molecule has 21 heavy (non-hydrogen) atoms. The molecule has 0 radical (unpaired) electrons. The second kappa shape index (κ2) is 6.36. The zero-order valence-corrected chi connectivity index (χ0v) is 13.2. The monoisotopic (exact) mass is 308 g/mol. The van der Waals surface area contributed by atoms with Crippen LogP contribution in [-0.2, 0) is 16.9 Å². The Kier molecular flexibility index (Phi) is 4.74. The number of hydrogen-bond acceptors (Lipinski definition) is 5. The lowest BCUT2D eigenvalue weighted by atomic mass is 10.1. The summed E-state index contributed by atoms with van der Waals surface area (Å²) in [4.78, 5) is 12.0. The number of nitrogens with one attached hydrogen (secondary N) is 1. The van der Waals surface area contributed by atoms with E-state index in [4.69, 9.17) is 5.11 Å². The Morgan fingerprint density at radius 2 is 2.29 bits per heavy atom. The number of rotatable bonds is 6. The van der Waals surface area contributed by atoms with Crippen molar-refractivity contribution >= 4 is 17.3 Å². The molecule has 7 heteroatoms. The van der Waals surface area contributed by atoms with Gasteiger partial charge < -0.3 is 10.4 Å². The molecule has 1 atom stereocenters.